The van der Waals surface area contributed by atoms with E-state index in [4.69, 9.17) is 5.73 Å². The van der Waals surface area contributed by atoms with Gasteiger partial charge in [0.15, 0.2) is 0 Å². The van der Waals surface area contributed by atoms with E-state index in [9.17, 15) is 0 Å². The molecule has 1 saturated heterocycles. The number of likely N-dealkylation sites (tertiary alicyclic amines) is 1. The summed E-state index contributed by atoms with van der Waals surface area (Å²) in [5.74, 6) is 2.80. The molecule has 0 bridgehead atoms. The quantitative estimate of drug-likeness (QED) is 0.628. The first-order valence-corrected chi connectivity index (χ1v) is 4.68. The first-order chi connectivity index (χ1) is 5.24. The van der Waals surface area contributed by atoms with Crippen molar-refractivity contribution in [2.24, 2.45) is 23.5 Å². The van der Waals surface area contributed by atoms with Crippen LogP contribution in [0.2, 0.25) is 0 Å². The predicted octanol–water partition coefficient (Wildman–Crippen LogP) is 0.531. The third kappa shape index (κ3) is 1.09. The highest BCUT2D eigenvalue weighted by Gasteiger charge is 2.54. The summed E-state index contributed by atoms with van der Waals surface area (Å²) in [6.07, 6.45) is 0. The molecule has 2 unspecified atom stereocenters. The molecule has 2 rings (SSSR count). The second-order valence-corrected chi connectivity index (χ2v) is 4.27. The van der Waals surface area contributed by atoms with Crippen LogP contribution in [0, 0.1) is 17.8 Å². The van der Waals surface area contributed by atoms with Crippen molar-refractivity contribution >= 4 is 0 Å². The van der Waals surface area contributed by atoms with Gasteiger partial charge in [0.25, 0.3) is 0 Å². The lowest BCUT2D eigenvalue weighted by Gasteiger charge is -2.22. The molecule has 0 aromatic rings. The van der Waals surface area contributed by atoms with Gasteiger partial charge in [-0.3, -0.25) is 0 Å². The maximum atomic E-state index is 5.63. The van der Waals surface area contributed by atoms with Gasteiger partial charge in [-0.1, -0.05) is 0 Å². The number of nitrogens with two attached hydrogens (primary N) is 1. The summed E-state index contributed by atoms with van der Waals surface area (Å²) in [7, 11) is 0. The van der Waals surface area contributed by atoms with Crippen molar-refractivity contribution in [2.45, 2.75) is 19.9 Å². The van der Waals surface area contributed by atoms with Crippen molar-refractivity contribution in [1.82, 2.24) is 4.90 Å². The molecule has 0 radical (unpaired) electrons. The Bertz CT molecular complexity index is 144. The minimum absolute atomic E-state index is 0.737. The molecule has 0 aromatic heterocycles. The van der Waals surface area contributed by atoms with Gasteiger partial charge < -0.3 is 10.6 Å². The van der Waals surface area contributed by atoms with Crippen molar-refractivity contribution in [1.29, 1.82) is 0 Å². The zero-order valence-electron chi connectivity index (χ0n) is 7.46. The lowest BCUT2D eigenvalue weighted by atomic mass is 10.2. The van der Waals surface area contributed by atoms with Gasteiger partial charge in [-0.25, -0.2) is 0 Å². The molecule has 2 N–H and O–H groups in total. The van der Waals surface area contributed by atoms with Crippen molar-refractivity contribution in [3.8, 4) is 0 Å². The Morgan fingerprint density at radius 3 is 2.27 bits per heavy atom. The van der Waals surface area contributed by atoms with Crippen LogP contribution in [0.15, 0.2) is 0 Å². The van der Waals surface area contributed by atoms with Crippen LogP contribution in [0.5, 0.6) is 0 Å². The Kier molecular flexibility index (Phi) is 1.69. The third-order valence-corrected chi connectivity index (χ3v) is 3.40. The Balaban J connectivity index is 1.85. The number of hydrogen-bond donors (Lipinski definition) is 1. The summed E-state index contributed by atoms with van der Waals surface area (Å²) >= 11 is 0. The Labute approximate surface area is 68.7 Å². The van der Waals surface area contributed by atoms with Gasteiger partial charge in [0.1, 0.15) is 0 Å². The normalized spacial score (nSPS) is 43.1. The molecular formula is C9H18N2. The van der Waals surface area contributed by atoms with Gasteiger partial charge in [0.05, 0.1) is 0 Å². The molecule has 2 nitrogen and oxygen atoms in total. The van der Waals surface area contributed by atoms with E-state index in [2.05, 4.69) is 18.7 Å². The van der Waals surface area contributed by atoms with Crippen LogP contribution in [0.4, 0.5) is 0 Å². The summed E-state index contributed by atoms with van der Waals surface area (Å²) in [6, 6.07) is 0.737. The molecule has 64 valence electrons. The van der Waals surface area contributed by atoms with E-state index >= 15 is 0 Å². The Hall–Kier alpha value is -0.0800. The number of nitrogens with zero attached hydrogens (tertiary/aromatic N) is 1. The third-order valence-electron chi connectivity index (χ3n) is 3.40. The molecule has 2 atom stereocenters. The van der Waals surface area contributed by atoms with E-state index in [1.807, 2.05) is 0 Å². The molecule has 2 aliphatic rings. The lowest BCUT2D eigenvalue weighted by molar-refractivity contribution is 0.234. The van der Waals surface area contributed by atoms with Gasteiger partial charge in [-0.2, -0.15) is 0 Å². The molecule has 1 aliphatic heterocycles. The number of piperidine rings is 1. The van der Waals surface area contributed by atoms with Crippen molar-refractivity contribution in [3.05, 3.63) is 0 Å². The lowest BCUT2D eigenvalue weighted by Crippen LogP contribution is -2.32. The second kappa shape index (κ2) is 2.46. The topological polar surface area (TPSA) is 29.3 Å². The molecule has 0 aromatic carbocycles. The first kappa shape index (κ1) is 7.56. The van der Waals surface area contributed by atoms with E-state index in [0.29, 0.717) is 0 Å². The predicted molar refractivity (Wildman–Crippen MR) is 46.2 cm³/mol. The minimum Gasteiger partial charge on any atom is -0.330 e. The number of rotatable bonds is 2. The van der Waals surface area contributed by atoms with E-state index in [-0.39, 0.29) is 0 Å². The SMILES string of the molecule is CC(C)N1CC2C(CN)C2C1. The van der Waals surface area contributed by atoms with Crippen molar-refractivity contribution < 1.29 is 0 Å². The van der Waals surface area contributed by atoms with Crippen LogP contribution in [-0.4, -0.2) is 30.6 Å². The highest BCUT2D eigenvalue weighted by molar-refractivity contribution is 5.05. The molecular weight excluding hydrogens is 136 g/mol. The number of fused-ring (bicyclic) bond motifs is 1. The van der Waals surface area contributed by atoms with E-state index in [1.165, 1.54) is 13.1 Å². The van der Waals surface area contributed by atoms with Gasteiger partial charge in [-0.15, -0.1) is 0 Å². The van der Waals surface area contributed by atoms with Crippen LogP contribution in [0.1, 0.15) is 13.8 Å². The molecule has 1 heterocycles. The van der Waals surface area contributed by atoms with Crippen molar-refractivity contribution in [2.75, 3.05) is 19.6 Å². The molecule has 1 saturated carbocycles. The molecule has 0 spiro atoms. The zero-order chi connectivity index (χ0) is 8.01. The van der Waals surface area contributed by atoms with Crippen LogP contribution in [0.25, 0.3) is 0 Å². The van der Waals surface area contributed by atoms with Crippen molar-refractivity contribution in [3.63, 3.8) is 0 Å². The first-order valence-electron chi connectivity index (χ1n) is 4.68. The Morgan fingerprint density at radius 2 is 1.91 bits per heavy atom. The summed E-state index contributed by atoms with van der Waals surface area (Å²) < 4.78 is 0. The monoisotopic (exact) mass is 154 g/mol. The van der Waals surface area contributed by atoms with Crippen LogP contribution in [0.3, 0.4) is 0 Å². The molecule has 11 heavy (non-hydrogen) atoms. The fourth-order valence-electron chi connectivity index (χ4n) is 2.45. The second-order valence-electron chi connectivity index (χ2n) is 4.27. The maximum absolute atomic E-state index is 5.63. The minimum atomic E-state index is 0.737. The molecule has 2 fully saturated rings. The summed E-state index contributed by atoms with van der Waals surface area (Å²) in [5, 5.41) is 0. The zero-order valence-corrected chi connectivity index (χ0v) is 7.46. The summed E-state index contributed by atoms with van der Waals surface area (Å²) in [6.45, 7) is 8.10. The average molecular weight is 154 g/mol. The van der Waals surface area contributed by atoms with Gasteiger partial charge >= 0.3 is 0 Å². The van der Waals surface area contributed by atoms with Gasteiger partial charge in [0.2, 0.25) is 0 Å². The summed E-state index contributed by atoms with van der Waals surface area (Å²) in [5.41, 5.74) is 5.63. The standard InChI is InChI=1S/C9H18N2/c1-6(2)11-4-8-7(3-10)9(8)5-11/h6-9H,3-5,10H2,1-2H3. The molecule has 1 aliphatic carbocycles. The van der Waals surface area contributed by atoms with Gasteiger partial charge in [-0.05, 0) is 38.1 Å². The van der Waals surface area contributed by atoms with Crippen LogP contribution < -0.4 is 5.73 Å². The number of hydrogen-bond acceptors (Lipinski definition) is 2. The highest BCUT2D eigenvalue weighted by Crippen LogP contribution is 2.51. The van der Waals surface area contributed by atoms with Gasteiger partial charge in [0, 0.05) is 19.1 Å². The van der Waals surface area contributed by atoms with E-state index in [0.717, 1.165) is 30.3 Å². The van der Waals surface area contributed by atoms with E-state index < -0.39 is 0 Å². The van der Waals surface area contributed by atoms with Crippen LogP contribution >= 0.6 is 0 Å². The summed E-state index contributed by atoms with van der Waals surface area (Å²) in [4.78, 5) is 2.57. The molecule has 2 heteroatoms. The smallest absolute Gasteiger partial charge is 0.00388 e. The largest absolute Gasteiger partial charge is 0.330 e. The van der Waals surface area contributed by atoms with Crippen LogP contribution in [-0.2, 0) is 0 Å². The maximum Gasteiger partial charge on any atom is 0.00388 e. The fourth-order valence-corrected chi connectivity index (χ4v) is 2.45. The fraction of sp³-hybridized carbons (Fsp3) is 1.00. The average Bonchev–Trinajstić information content (AvgIpc) is 2.41. The molecule has 0 amide bonds. The Morgan fingerprint density at radius 1 is 1.36 bits per heavy atom. The highest BCUT2D eigenvalue weighted by atomic mass is 15.2. The van der Waals surface area contributed by atoms with E-state index in [1.54, 1.807) is 0 Å².